The van der Waals surface area contributed by atoms with Gasteiger partial charge in [-0.1, -0.05) is 27.7 Å². The van der Waals surface area contributed by atoms with Crippen LogP contribution in [0, 0.1) is 17.3 Å². The predicted octanol–water partition coefficient (Wildman–Crippen LogP) is 2.15. The second-order valence-corrected chi connectivity index (χ2v) is 4.37. The maximum atomic E-state index is 11.5. The first kappa shape index (κ1) is 11.2. The van der Waals surface area contributed by atoms with Crippen molar-refractivity contribution in [2.24, 2.45) is 17.3 Å². The van der Waals surface area contributed by atoms with E-state index in [0.29, 0.717) is 0 Å². The molecule has 80 valence electrons. The van der Waals surface area contributed by atoms with E-state index in [0.717, 1.165) is 12.8 Å². The van der Waals surface area contributed by atoms with Crippen LogP contribution in [0.2, 0.25) is 0 Å². The minimum atomic E-state index is -0.367. The van der Waals surface area contributed by atoms with E-state index < -0.39 is 0 Å². The number of carbonyl (C=O) groups excluding carboxylic acids is 2. The Morgan fingerprint density at radius 1 is 1.21 bits per heavy atom. The Morgan fingerprint density at radius 3 is 2.00 bits per heavy atom. The largest absolute Gasteiger partial charge is 0.393 e. The number of rotatable bonds is 3. The quantitative estimate of drug-likeness (QED) is 0.515. The number of carbonyl (C=O) groups is 2. The zero-order chi connectivity index (χ0) is 10.9. The molecule has 0 radical (unpaired) electrons. The number of ether oxygens (including phenoxy) is 1. The summed E-state index contributed by atoms with van der Waals surface area (Å²) in [6.45, 7) is 7.92. The van der Waals surface area contributed by atoms with Gasteiger partial charge in [-0.3, -0.25) is 9.59 Å². The first-order valence-electron chi connectivity index (χ1n) is 5.21. The van der Waals surface area contributed by atoms with Crippen molar-refractivity contribution in [2.75, 3.05) is 0 Å². The summed E-state index contributed by atoms with van der Waals surface area (Å²) in [4.78, 5) is 22.7. The minimum Gasteiger partial charge on any atom is -0.393 e. The minimum absolute atomic E-state index is 0.108. The Kier molecular flexibility index (Phi) is 2.98. The van der Waals surface area contributed by atoms with Crippen LogP contribution in [0.1, 0.15) is 40.5 Å². The second kappa shape index (κ2) is 3.71. The van der Waals surface area contributed by atoms with Gasteiger partial charge in [-0.2, -0.15) is 0 Å². The Morgan fingerprint density at radius 2 is 1.71 bits per heavy atom. The van der Waals surface area contributed by atoms with E-state index in [1.807, 2.05) is 20.8 Å². The van der Waals surface area contributed by atoms with E-state index in [2.05, 4.69) is 4.74 Å². The molecule has 2 atom stereocenters. The van der Waals surface area contributed by atoms with Crippen LogP contribution in [0.5, 0.6) is 0 Å². The molecule has 0 aliphatic carbocycles. The van der Waals surface area contributed by atoms with Crippen LogP contribution in [0.15, 0.2) is 0 Å². The summed E-state index contributed by atoms with van der Waals surface area (Å²) in [5, 5.41) is 0. The first-order valence-corrected chi connectivity index (χ1v) is 5.21. The lowest BCUT2D eigenvalue weighted by Gasteiger charge is -2.32. The van der Waals surface area contributed by atoms with Gasteiger partial charge in [0.2, 0.25) is 0 Å². The third kappa shape index (κ3) is 1.56. The van der Waals surface area contributed by atoms with Crippen molar-refractivity contribution in [2.45, 2.75) is 40.5 Å². The highest BCUT2D eigenvalue weighted by Gasteiger charge is 2.49. The fourth-order valence-electron chi connectivity index (χ4n) is 2.17. The van der Waals surface area contributed by atoms with E-state index in [1.54, 1.807) is 6.92 Å². The Labute approximate surface area is 84.8 Å². The van der Waals surface area contributed by atoms with Gasteiger partial charge in [0.15, 0.2) is 0 Å². The normalized spacial score (nSPS) is 28.0. The first-order chi connectivity index (χ1) is 6.46. The molecule has 1 rings (SSSR count). The summed E-state index contributed by atoms with van der Waals surface area (Å²) in [7, 11) is 0. The van der Waals surface area contributed by atoms with Crippen molar-refractivity contribution in [3.63, 3.8) is 0 Å². The van der Waals surface area contributed by atoms with E-state index in [1.165, 1.54) is 0 Å². The van der Waals surface area contributed by atoms with Crippen LogP contribution >= 0.6 is 0 Å². The summed E-state index contributed by atoms with van der Waals surface area (Å²) in [5.74, 6) is -1.25. The predicted molar refractivity (Wildman–Crippen MR) is 52.4 cm³/mol. The summed E-state index contributed by atoms with van der Waals surface area (Å²) in [6, 6.07) is 0. The van der Waals surface area contributed by atoms with Crippen LogP contribution in [0.4, 0.5) is 0 Å². The molecule has 0 N–H and O–H groups in total. The summed E-state index contributed by atoms with van der Waals surface area (Å²) >= 11 is 0. The van der Waals surface area contributed by atoms with E-state index in [4.69, 9.17) is 0 Å². The van der Waals surface area contributed by atoms with Crippen molar-refractivity contribution in [1.29, 1.82) is 0 Å². The lowest BCUT2D eigenvalue weighted by molar-refractivity contribution is -0.154. The van der Waals surface area contributed by atoms with Gasteiger partial charge in [-0.15, -0.1) is 0 Å². The van der Waals surface area contributed by atoms with Crippen LogP contribution in [0.25, 0.3) is 0 Å². The molecule has 1 aliphatic rings. The molecule has 14 heavy (non-hydrogen) atoms. The van der Waals surface area contributed by atoms with Gasteiger partial charge in [0.05, 0.1) is 11.8 Å². The SMILES string of the molecule is CCC(C)(CC)C1C(=O)OC(=O)C1C. The van der Waals surface area contributed by atoms with Gasteiger partial charge in [0, 0.05) is 0 Å². The number of hydrogen-bond donors (Lipinski definition) is 0. The molecule has 1 saturated heterocycles. The molecule has 0 bridgehead atoms. The summed E-state index contributed by atoms with van der Waals surface area (Å²) < 4.78 is 4.66. The van der Waals surface area contributed by atoms with Crippen LogP contribution in [-0.2, 0) is 14.3 Å². The molecule has 1 heterocycles. The number of esters is 2. The summed E-state index contributed by atoms with van der Waals surface area (Å²) in [6.07, 6.45) is 1.78. The fourth-order valence-corrected chi connectivity index (χ4v) is 2.17. The lowest BCUT2D eigenvalue weighted by atomic mass is 9.69. The Bertz CT molecular complexity index is 253. The average Bonchev–Trinajstić information content (AvgIpc) is 2.41. The Hall–Kier alpha value is -0.860. The highest BCUT2D eigenvalue weighted by atomic mass is 16.6. The number of hydrogen-bond acceptors (Lipinski definition) is 3. The second-order valence-electron chi connectivity index (χ2n) is 4.37. The fraction of sp³-hybridized carbons (Fsp3) is 0.818. The van der Waals surface area contributed by atoms with E-state index in [9.17, 15) is 9.59 Å². The van der Waals surface area contributed by atoms with Gasteiger partial charge in [-0.25, -0.2) is 0 Å². The molecule has 0 saturated carbocycles. The smallest absolute Gasteiger partial charge is 0.318 e. The van der Waals surface area contributed by atoms with Gasteiger partial charge >= 0.3 is 11.9 Å². The molecule has 0 spiro atoms. The van der Waals surface area contributed by atoms with Crippen molar-refractivity contribution in [1.82, 2.24) is 0 Å². The highest BCUT2D eigenvalue weighted by molar-refractivity contribution is 5.96. The van der Waals surface area contributed by atoms with Gasteiger partial charge in [0.1, 0.15) is 0 Å². The Balaban J connectivity index is 2.96. The molecule has 1 aliphatic heterocycles. The lowest BCUT2D eigenvalue weighted by Crippen LogP contribution is -2.33. The van der Waals surface area contributed by atoms with E-state index >= 15 is 0 Å². The van der Waals surface area contributed by atoms with Crippen molar-refractivity contribution in [3.8, 4) is 0 Å². The molecule has 3 nitrogen and oxygen atoms in total. The van der Waals surface area contributed by atoms with Gasteiger partial charge in [0.25, 0.3) is 0 Å². The van der Waals surface area contributed by atoms with E-state index in [-0.39, 0.29) is 29.2 Å². The van der Waals surface area contributed by atoms with Crippen LogP contribution in [-0.4, -0.2) is 11.9 Å². The molecule has 3 heteroatoms. The number of cyclic esters (lactones) is 2. The molecule has 0 amide bonds. The third-order valence-electron chi connectivity index (χ3n) is 3.69. The van der Waals surface area contributed by atoms with Crippen molar-refractivity contribution in [3.05, 3.63) is 0 Å². The monoisotopic (exact) mass is 198 g/mol. The van der Waals surface area contributed by atoms with Crippen LogP contribution in [0.3, 0.4) is 0 Å². The molecule has 2 unspecified atom stereocenters. The van der Waals surface area contributed by atoms with Crippen molar-refractivity contribution >= 4 is 11.9 Å². The molecule has 0 aromatic heterocycles. The highest BCUT2D eigenvalue weighted by Crippen LogP contribution is 2.43. The maximum Gasteiger partial charge on any atom is 0.318 e. The molecule has 1 fully saturated rings. The zero-order valence-corrected chi connectivity index (χ0v) is 9.29. The van der Waals surface area contributed by atoms with Gasteiger partial charge < -0.3 is 4.74 Å². The maximum absolute atomic E-state index is 11.5. The van der Waals surface area contributed by atoms with Crippen LogP contribution < -0.4 is 0 Å². The topological polar surface area (TPSA) is 43.4 Å². The zero-order valence-electron chi connectivity index (χ0n) is 9.29. The summed E-state index contributed by atoms with van der Waals surface area (Å²) in [5.41, 5.74) is -0.108. The van der Waals surface area contributed by atoms with Gasteiger partial charge in [-0.05, 0) is 18.3 Å². The molecular weight excluding hydrogens is 180 g/mol. The molecular formula is C11H18O3. The molecule has 0 aromatic rings. The average molecular weight is 198 g/mol. The third-order valence-corrected chi connectivity index (χ3v) is 3.69. The molecule has 0 aromatic carbocycles. The van der Waals surface area contributed by atoms with Crippen molar-refractivity contribution < 1.29 is 14.3 Å². The standard InChI is InChI=1S/C11H18O3/c1-5-11(4,6-2)8-7(3)9(12)14-10(8)13/h7-8H,5-6H2,1-4H3.